The molecule has 0 saturated carbocycles. The van der Waals surface area contributed by atoms with Crippen molar-refractivity contribution < 1.29 is 9.13 Å². The minimum atomic E-state index is -0.254. The van der Waals surface area contributed by atoms with Gasteiger partial charge in [0.2, 0.25) is 5.88 Å². The van der Waals surface area contributed by atoms with E-state index in [0.29, 0.717) is 17.0 Å². The second-order valence-corrected chi connectivity index (χ2v) is 4.92. The minimum Gasteiger partial charge on any atom is -0.480 e. The normalized spacial score (nSPS) is 10.9. The van der Waals surface area contributed by atoms with Gasteiger partial charge in [0.05, 0.1) is 12.7 Å². The average molecular weight is 266 g/mol. The summed E-state index contributed by atoms with van der Waals surface area (Å²) < 4.78 is 23.1. The summed E-state index contributed by atoms with van der Waals surface area (Å²) in [5, 5.41) is 1.80. The van der Waals surface area contributed by atoms with Gasteiger partial charge in [0, 0.05) is 17.5 Å². The van der Waals surface area contributed by atoms with Crippen LogP contribution in [0.25, 0.3) is 11.1 Å². The zero-order valence-electron chi connectivity index (χ0n) is 10.6. The number of halogens is 1. The van der Waals surface area contributed by atoms with Crippen molar-refractivity contribution in [3.63, 3.8) is 0 Å². The maximum Gasteiger partial charge on any atom is 0.232 e. The Hall–Kier alpha value is -1.46. The smallest absolute Gasteiger partial charge is 0.232 e. The highest BCUT2D eigenvalue weighted by Gasteiger charge is 2.13. The van der Waals surface area contributed by atoms with Crippen LogP contribution in [0.15, 0.2) is 23.6 Å². The van der Waals surface area contributed by atoms with E-state index >= 15 is 0 Å². The molecule has 3 nitrogen and oxygen atoms in total. The number of hydrogen-bond acceptors (Lipinski definition) is 4. The van der Waals surface area contributed by atoms with Crippen LogP contribution in [-0.4, -0.2) is 30.5 Å². The molecular formula is C13H15FN2OS. The van der Waals surface area contributed by atoms with Gasteiger partial charge in [0.1, 0.15) is 5.82 Å². The van der Waals surface area contributed by atoms with E-state index in [1.807, 2.05) is 25.1 Å². The van der Waals surface area contributed by atoms with Gasteiger partial charge in [-0.05, 0) is 43.3 Å². The van der Waals surface area contributed by atoms with E-state index in [9.17, 15) is 4.39 Å². The van der Waals surface area contributed by atoms with E-state index in [4.69, 9.17) is 4.74 Å². The summed E-state index contributed by atoms with van der Waals surface area (Å²) in [6.07, 6.45) is 0. The highest BCUT2D eigenvalue weighted by atomic mass is 32.1. The fourth-order valence-electron chi connectivity index (χ4n) is 1.79. The van der Waals surface area contributed by atoms with Crippen molar-refractivity contribution in [2.45, 2.75) is 6.54 Å². The molecule has 0 fully saturated rings. The lowest BCUT2D eigenvalue weighted by atomic mass is 10.0. The Morgan fingerprint density at radius 2 is 2.11 bits per heavy atom. The van der Waals surface area contributed by atoms with Crippen molar-refractivity contribution in [2.75, 3.05) is 21.2 Å². The molecule has 0 bridgehead atoms. The maximum absolute atomic E-state index is 13.9. The zero-order valence-corrected chi connectivity index (χ0v) is 11.4. The molecule has 0 aliphatic heterocycles. The number of ether oxygens (including phenoxy) is 1. The van der Waals surface area contributed by atoms with Crippen LogP contribution >= 0.6 is 11.5 Å². The fraction of sp³-hybridized carbons (Fsp3) is 0.308. The number of rotatable bonds is 4. The van der Waals surface area contributed by atoms with Crippen LogP contribution in [0.4, 0.5) is 4.39 Å². The minimum absolute atomic E-state index is 0.254. The lowest BCUT2D eigenvalue weighted by Crippen LogP contribution is -2.10. The Kier molecular flexibility index (Phi) is 3.93. The number of nitrogens with zero attached hydrogens (tertiary/aromatic N) is 2. The molecule has 0 amide bonds. The van der Waals surface area contributed by atoms with Crippen molar-refractivity contribution in [1.82, 2.24) is 9.27 Å². The van der Waals surface area contributed by atoms with Crippen LogP contribution in [0.2, 0.25) is 0 Å². The van der Waals surface area contributed by atoms with Crippen molar-refractivity contribution in [3.05, 3.63) is 35.0 Å². The van der Waals surface area contributed by atoms with Gasteiger partial charge in [0.25, 0.3) is 0 Å². The topological polar surface area (TPSA) is 25.4 Å². The molecule has 0 atom stereocenters. The van der Waals surface area contributed by atoms with Crippen LogP contribution in [0.3, 0.4) is 0 Å². The lowest BCUT2D eigenvalue weighted by molar-refractivity contribution is 0.401. The van der Waals surface area contributed by atoms with Gasteiger partial charge >= 0.3 is 0 Å². The van der Waals surface area contributed by atoms with Crippen molar-refractivity contribution in [1.29, 1.82) is 0 Å². The second kappa shape index (κ2) is 5.46. The third kappa shape index (κ3) is 2.68. The molecule has 5 heteroatoms. The van der Waals surface area contributed by atoms with Crippen LogP contribution in [0.5, 0.6) is 5.88 Å². The first-order chi connectivity index (χ1) is 8.61. The van der Waals surface area contributed by atoms with Crippen LogP contribution < -0.4 is 4.74 Å². The van der Waals surface area contributed by atoms with Crippen LogP contribution in [-0.2, 0) is 6.54 Å². The van der Waals surface area contributed by atoms with Crippen molar-refractivity contribution >= 4 is 11.5 Å². The Morgan fingerprint density at radius 3 is 2.78 bits per heavy atom. The Labute approximate surface area is 110 Å². The van der Waals surface area contributed by atoms with Gasteiger partial charge in [-0.25, -0.2) is 4.39 Å². The third-order valence-electron chi connectivity index (χ3n) is 2.55. The molecule has 0 aliphatic carbocycles. The molecule has 0 saturated heterocycles. The Bertz CT molecular complexity index is 540. The molecule has 2 rings (SSSR count). The number of methoxy groups -OCH3 is 1. The SMILES string of the molecule is COc1nscc1-c1cc(CN(C)C)ccc1F. The predicted octanol–water partition coefficient (Wildman–Crippen LogP) is 3.02. The van der Waals surface area contributed by atoms with Crippen molar-refractivity contribution in [3.8, 4) is 17.0 Å². The number of benzene rings is 1. The highest BCUT2D eigenvalue weighted by molar-refractivity contribution is 7.04. The first-order valence-electron chi connectivity index (χ1n) is 5.53. The largest absolute Gasteiger partial charge is 0.480 e. The average Bonchev–Trinajstić information content (AvgIpc) is 2.79. The van der Waals surface area contributed by atoms with Gasteiger partial charge in [-0.15, -0.1) is 0 Å². The van der Waals surface area contributed by atoms with E-state index in [1.165, 1.54) is 17.6 Å². The number of aromatic nitrogens is 1. The highest BCUT2D eigenvalue weighted by Crippen LogP contribution is 2.33. The molecule has 0 N–H and O–H groups in total. The first kappa shape index (κ1) is 13.0. The summed E-state index contributed by atoms with van der Waals surface area (Å²) in [6.45, 7) is 0.771. The number of hydrogen-bond donors (Lipinski definition) is 0. The molecule has 1 heterocycles. The Balaban J connectivity index is 2.43. The molecule has 18 heavy (non-hydrogen) atoms. The van der Waals surface area contributed by atoms with E-state index in [1.54, 1.807) is 18.6 Å². The summed E-state index contributed by atoms with van der Waals surface area (Å²) in [5.41, 5.74) is 2.31. The summed E-state index contributed by atoms with van der Waals surface area (Å²) in [6, 6.07) is 5.14. The summed E-state index contributed by atoms with van der Waals surface area (Å²) in [4.78, 5) is 2.04. The molecule has 0 spiro atoms. The second-order valence-electron chi connectivity index (χ2n) is 4.29. The molecule has 1 aromatic carbocycles. The molecule has 96 valence electrons. The van der Waals surface area contributed by atoms with Crippen LogP contribution in [0.1, 0.15) is 5.56 Å². The van der Waals surface area contributed by atoms with Crippen LogP contribution in [0, 0.1) is 5.82 Å². The summed E-state index contributed by atoms with van der Waals surface area (Å²) >= 11 is 1.26. The summed E-state index contributed by atoms with van der Waals surface area (Å²) in [5.74, 6) is 0.219. The Morgan fingerprint density at radius 1 is 1.33 bits per heavy atom. The van der Waals surface area contributed by atoms with Crippen molar-refractivity contribution in [2.24, 2.45) is 0 Å². The van der Waals surface area contributed by atoms with E-state index in [0.717, 1.165) is 12.1 Å². The fourth-order valence-corrected chi connectivity index (χ4v) is 2.45. The van der Waals surface area contributed by atoms with Gasteiger partial charge in [-0.3, -0.25) is 0 Å². The zero-order chi connectivity index (χ0) is 13.1. The van der Waals surface area contributed by atoms with E-state index in [-0.39, 0.29) is 5.82 Å². The maximum atomic E-state index is 13.9. The van der Waals surface area contributed by atoms with E-state index < -0.39 is 0 Å². The quantitative estimate of drug-likeness (QED) is 0.850. The van der Waals surface area contributed by atoms with Gasteiger partial charge in [-0.2, -0.15) is 4.37 Å². The van der Waals surface area contributed by atoms with Gasteiger partial charge in [-0.1, -0.05) is 6.07 Å². The van der Waals surface area contributed by atoms with E-state index in [2.05, 4.69) is 4.37 Å². The standard InChI is InChI=1S/C13H15FN2OS/c1-16(2)7-9-4-5-12(14)10(6-9)11-8-18-15-13(11)17-3/h4-6,8H,7H2,1-3H3. The molecule has 1 aromatic heterocycles. The first-order valence-corrected chi connectivity index (χ1v) is 6.37. The van der Waals surface area contributed by atoms with Gasteiger partial charge < -0.3 is 9.64 Å². The van der Waals surface area contributed by atoms with Gasteiger partial charge in [0.15, 0.2) is 0 Å². The molecule has 2 aromatic rings. The third-order valence-corrected chi connectivity index (χ3v) is 3.16. The molecular weight excluding hydrogens is 251 g/mol. The molecule has 0 aliphatic rings. The summed E-state index contributed by atoms with van der Waals surface area (Å²) in [7, 11) is 5.51. The molecule has 0 unspecified atom stereocenters. The monoisotopic (exact) mass is 266 g/mol. The predicted molar refractivity (Wildman–Crippen MR) is 71.5 cm³/mol. The molecule has 0 radical (unpaired) electrons. The lowest BCUT2D eigenvalue weighted by Gasteiger charge is -2.11.